The van der Waals surface area contributed by atoms with Crippen molar-refractivity contribution < 1.29 is 4.39 Å². The maximum absolute atomic E-state index is 12.9. The van der Waals surface area contributed by atoms with E-state index in [4.69, 9.17) is 0 Å². The summed E-state index contributed by atoms with van der Waals surface area (Å²) in [5.74, 6) is -0.254. The summed E-state index contributed by atoms with van der Waals surface area (Å²) in [7, 11) is 0. The number of aromatic nitrogens is 1. The summed E-state index contributed by atoms with van der Waals surface area (Å²) in [6, 6.07) is 8.55. The number of aryl methyl sites for hydroxylation is 1. The Morgan fingerprint density at radius 3 is 2.76 bits per heavy atom. The third-order valence-electron chi connectivity index (χ3n) is 2.36. The van der Waals surface area contributed by atoms with Gasteiger partial charge in [-0.2, -0.15) is 0 Å². The SMILES string of the molecule is Cc1ccc(CNc2ccc(F)cc2Br)nc1. The minimum absolute atomic E-state index is 0.254. The zero-order valence-electron chi connectivity index (χ0n) is 9.37. The van der Waals surface area contributed by atoms with Gasteiger partial charge in [-0.25, -0.2) is 4.39 Å². The molecule has 0 aliphatic heterocycles. The average molecular weight is 295 g/mol. The molecule has 0 atom stereocenters. The molecule has 88 valence electrons. The number of nitrogens with one attached hydrogen (secondary N) is 1. The van der Waals surface area contributed by atoms with Crippen molar-refractivity contribution in [2.45, 2.75) is 13.5 Å². The molecule has 0 amide bonds. The Morgan fingerprint density at radius 1 is 1.29 bits per heavy atom. The molecule has 2 nitrogen and oxygen atoms in total. The Kier molecular flexibility index (Phi) is 3.74. The first-order valence-corrected chi connectivity index (χ1v) is 6.05. The number of anilines is 1. The highest BCUT2D eigenvalue weighted by Crippen LogP contribution is 2.23. The molecule has 0 spiro atoms. The minimum Gasteiger partial charge on any atom is -0.378 e. The molecule has 1 N–H and O–H groups in total. The summed E-state index contributed by atoms with van der Waals surface area (Å²) in [6.45, 7) is 2.62. The number of rotatable bonds is 3. The third-order valence-corrected chi connectivity index (χ3v) is 3.02. The van der Waals surface area contributed by atoms with Crippen LogP contribution in [0, 0.1) is 12.7 Å². The van der Waals surface area contributed by atoms with Crippen LogP contribution >= 0.6 is 15.9 Å². The van der Waals surface area contributed by atoms with Crippen molar-refractivity contribution in [1.82, 2.24) is 4.98 Å². The Morgan fingerprint density at radius 2 is 2.12 bits per heavy atom. The van der Waals surface area contributed by atoms with Crippen molar-refractivity contribution in [2.24, 2.45) is 0 Å². The van der Waals surface area contributed by atoms with E-state index in [9.17, 15) is 4.39 Å². The van der Waals surface area contributed by atoms with E-state index in [1.54, 1.807) is 6.07 Å². The summed E-state index contributed by atoms with van der Waals surface area (Å²) in [5.41, 5.74) is 2.94. The van der Waals surface area contributed by atoms with E-state index in [1.165, 1.54) is 12.1 Å². The fourth-order valence-electron chi connectivity index (χ4n) is 1.42. The molecule has 0 unspecified atom stereocenters. The highest BCUT2D eigenvalue weighted by Gasteiger charge is 2.01. The first-order valence-electron chi connectivity index (χ1n) is 5.25. The highest BCUT2D eigenvalue weighted by molar-refractivity contribution is 9.10. The summed E-state index contributed by atoms with van der Waals surface area (Å²) in [4.78, 5) is 4.29. The predicted molar refractivity (Wildman–Crippen MR) is 70.4 cm³/mol. The largest absolute Gasteiger partial charge is 0.378 e. The van der Waals surface area contributed by atoms with Crippen LogP contribution in [0.3, 0.4) is 0 Å². The zero-order chi connectivity index (χ0) is 12.3. The fourth-order valence-corrected chi connectivity index (χ4v) is 1.91. The van der Waals surface area contributed by atoms with E-state index >= 15 is 0 Å². The number of benzene rings is 1. The second-order valence-corrected chi connectivity index (χ2v) is 4.66. The molecule has 4 heteroatoms. The summed E-state index contributed by atoms with van der Waals surface area (Å²) in [5, 5.41) is 3.20. The van der Waals surface area contributed by atoms with Crippen LogP contribution in [0.5, 0.6) is 0 Å². The van der Waals surface area contributed by atoms with Gasteiger partial charge in [0.2, 0.25) is 0 Å². The van der Waals surface area contributed by atoms with Gasteiger partial charge in [-0.15, -0.1) is 0 Å². The van der Waals surface area contributed by atoms with Crippen molar-refractivity contribution in [2.75, 3.05) is 5.32 Å². The number of nitrogens with zero attached hydrogens (tertiary/aromatic N) is 1. The van der Waals surface area contributed by atoms with Gasteiger partial charge in [0.1, 0.15) is 5.82 Å². The van der Waals surface area contributed by atoms with E-state index in [0.29, 0.717) is 11.0 Å². The van der Waals surface area contributed by atoms with Gasteiger partial charge in [0.15, 0.2) is 0 Å². The lowest BCUT2D eigenvalue weighted by atomic mass is 10.2. The molecule has 1 heterocycles. The Labute approximate surface area is 108 Å². The summed E-state index contributed by atoms with van der Waals surface area (Å²) >= 11 is 3.31. The van der Waals surface area contributed by atoms with Gasteiger partial charge in [0, 0.05) is 16.4 Å². The molecule has 17 heavy (non-hydrogen) atoms. The molecule has 0 bridgehead atoms. The van der Waals surface area contributed by atoms with Crippen LogP contribution in [0.4, 0.5) is 10.1 Å². The van der Waals surface area contributed by atoms with Crippen molar-refractivity contribution in [3.8, 4) is 0 Å². The van der Waals surface area contributed by atoms with Gasteiger partial charge in [0.05, 0.1) is 12.2 Å². The molecule has 0 fully saturated rings. The highest BCUT2D eigenvalue weighted by atomic mass is 79.9. The summed E-state index contributed by atoms with van der Waals surface area (Å²) < 4.78 is 13.6. The van der Waals surface area contributed by atoms with Gasteiger partial charge >= 0.3 is 0 Å². The van der Waals surface area contributed by atoms with Crippen molar-refractivity contribution in [1.29, 1.82) is 0 Å². The van der Waals surface area contributed by atoms with Gasteiger partial charge in [-0.3, -0.25) is 4.98 Å². The van der Waals surface area contributed by atoms with E-state index < -0.39 is 0 Å². The molecule has 1 aromatic heterocycles. The monoisotopic (exact) mass is 294 g/mol. The predicted octanol–water partition coefficient (Wildman–Crippen LogP) is 3.90. The Hall–Kier alpha value is -1.42. The van der Waals surface area contributed by atoms with Gasteiger partial charge in [-0.05, 0) is 52.7 Å². The van der Waals surface area contributed by atoms with Crippen molar-refractivity contribution in [3.63, 3.8) is 0 Å². The second kappa shape index (κ2) is 5.27. The molecule has 0 aliphatic rings. The lowest BCUT2D eigenvalue weighted by molar-refractivity contribution is 0.627. The lowest BCUT2D eigenvalue weighted by Gasteiger charge is -2.08. The normalized spacial score (nSPS) is 10.3. The van der Waals surface area contributed by atoms with Crippen molar-refractivity contribution >= 4 is 21.6 Å². The zero-order valence-corrected chi connectivity index (χ0v) is 11.0. The number of hydrogen-bond donors (Lipinski definition) is 1. The summed E-state index contributed by atoms with van der Waals surface area (Å²) in [6.07, 6.45) is 1.83. The first-order chi connectivity index (χ1) is 8.15. The average Bonchev–Trinajstić information content (AvgIpc) is 2.30. The number of halogens is 2. The topological polar surface area (TPSA) is 24.9 Å². The van der Waals surface area contributed by atoms with Crippen molar-refractivity contribution in [3.05, 3.63) is 58.1 Å². The van der Waals surface area contributed by atoms with Crippen LogP contribution in [-0.4, -0.2) is 4.98 Å². The molecule has 1 aromatic carbocycles. The molecular formula is C13H12BrFN2. The van der Waals surface area contributed by atoms with Crippen LogP contribution in [0.15, 0.2) is 41.0 Å². The lowest BCUT2D eigenvalue weighted by Crippen LogP contribution is -2.02. The van der Waals surface area contributed by atoms with Gasteiger partial charge < -0.3 is 5.32 Å². The molecular weight excluding hydrogens is 283 g/mol. The van der Waals surface area contributed by atoms with E-state index in [-0.39, 0.29) is 5.82 Å². The van der Waals surface area contributed by atoms with Crippen LogP contribution in [0.2, 0.25) is 0 Å². The van der Waals surface area contributed by atoms with Crippen LogP contribution in [0.25, 0.3) is 0 Å². The second-order valence-electron chi connectivity index (χ2n) is 3.80. The van der Waals surface area contributed by atoms with E-state index in [1.807, 2.05) is 25.3 Å². The Balaban J connectivity index is 2.04. The van der Waals surface area contributed by atoms with Gasteiger partial charge in [-0.1, -0.05) is 6.07 Å². The smallest absolute Gasteiger partial charge is 0.124 e. The van der Waals surface area contributed by atoms with Crippen LogP contribution in [0.1, 0.15) is 11.3 Å². The molecule has 0 saturated heterocycles. The quantitative estimate of drug-likeness (QED) is 0.928. The standard InChI is InChI=1S/C13H12BrFN2/c1-9-2-4-11(16-7-9)8-17-13-5-3-10(15)6-12(13)14/h2-7,17H,8H2,1H3. The third kappa shape index (κ3) is 3.27. The first kappa shape index (κ1) is 12.0. The molecule has 0 saturated carbocycles. The molecule has 0 aliphatic carbocycles. The minimum atomic E-state index is -0.254. The molecule has 2 aromatic rings. The maximum Gasteiger partial charge on any atom is 0.124 e. The fraction of sp³-hybridized carbons (Fsp3) is 0.154. The Bertz CT molecular complexity index is 511. The van der Waals surface area contributed by atoms with E-state index in [0.717, 1.165) is 16.9 Å². The molecule has 0 radical (unpaired) electrons. The van der Waals surface area contributed by atoms with Gasteiger partial charge in [0.25, 0.3) is 0 Å². The molecule has 2 rings (SSSR count). The maximum atomic E-state index is 12.9. The number of pyridine rings is 1. The number of hydrogen-bond acceptors (Lipinski definition) is 2. The van der Waals surface area contributed by atoms with Crippen LogP contribution in [-0.2, 0) is 6.54 Å². The van der Waals surface area contributed by atoms with Crippen LogP contribution < -0.4 is 5.32 Å². The van der Waals surface area contributed by atoms with E-state index in [2.05, 4.69) is 26.2 Å².